The fourth-order valence-electron chi connectivity index (χ4n) is 1.33. The molecule has 1 saturated heterocycles. The first kappa shape index (κ1) is 12.3. The smallest absolute Gasteiger partial charge is 0.305 e. The number of hydrogen-bond acceptors (Lipinski definition) is 7. The number of ether oxygens (including phenoxy) is 2. The second-order valence-electron chi connectivity index (χ2n) is 3.31. The highest BCUT2D eigenvalue weighted by atomic mass is 16.7. The Labute approximate surface area is 85.9 Å². The lowest BCUT2D eigenvalue weighted by Crippen LogP contribution is -2.59. The molecule has 1 fully saturated rings. The van der Waals surface area contributed by atoms with Crippen molar-refractivity contribution in [1.29, 1.82) is 0 Å². The van der Waals surface area contributed by atoms with Crippen molar-refractivity contribution < 1.29 is 34.7 Å². The van der Waals surface area contributed by atoms with Gasteiger partial charge in [-0.05, 0) is 0 Å². The van der Waals surface area contributed by atoms with Gasteiger partial charge in [0.15, 0.2) is 0 Å². The van der Waals surface area contributed by atoms with Crippen LogP contribution in [0.1, 0.15) is 6.92 Å². The molecule has 0 aromatic rings. The number of aliphatic hydroxyl groups excluding tert-OH is 4. The van der Waals surface area contributed by atoms with Crippen molar-refractivity contribution >= 4 is 5.97 Å². The molecule has 4 unspecified atom stereocenters. The van der Waals surface area contributed by atoms with Crippen LogP contribution in [0.4, 0.5) is 0 Å². The van der Waals surface area contributed by atoms with Crippen molar-refractivity contribution in [3.05, 3.63) is 0 Å². The van der Waals surface area contributed by atoms with E-state index in [4.69, 9.17) is 9.84 Å². The molecule has 1 heterocycles. The third kappa shape index (κ3) is 2.64. The van der Waals surface area contributed by atoms with Gasteiger partial charge in [0, 0.05) is 6.92 Å². The summed E-state index contributed by atoms with van der Waals surface area (Å²) in [5.74, 6) is -0.695. The summed E-state index contributed by atoms with van der Waals surface area (Å²) in [5, 5.41) is 36.8. The summed E-state index contributed by atoms with van der Waals surface area (Å²) >= 11 is 0. The third-order valence-electron chi connectivity index (χ3n) is 2.13. The van der Waals surface area contributed by atoms with Gasteiger partial charge in [-0.25, -0.2) is 0 Å². The first-order chi connectivity index (χ1) is 6.97. The molecule has 0 aliphatic carbocycles. The molecule has 1 aliphatic rings. The van der Waals surface area contributed by atoms with Crippen LogP contribution in [-0.2, 0) is 14.3 Å². The quantitative estimate of drug-likeness (QED) is 0.377. The van der Waals surface area contributed by atoms with Gasteiger partial charge in [-0.15, -0.1) is 0 Å². The zero-order valence-corrected chi connectivity index (χ0v) is 8.11. The van der Waals surface area contributed by atoms with Gasteiger partial charge in [0.25, 0.3) is 0 Å². The highest BCUT2D eigenvalue weighted by molar-refractivity contribution is 5.66. The summed E-state index contributed by atoms with van der Waals surface area (Å²) in [4.78, 5) is 10.6. The Morgan fingerprint density at radius 1 is 1.27 bits per heavy atom. The van der Waals surface area contributed by atoms with E-state index in [9.17, 15) is 20.1 Å². The molecule has 88 valence electrons. The first-order valence-corrected chi connectivity index (χ1v) is 4.45. The van der Waals surface area contributed by atoms with E-state index < -0.39 is 43.3 Å². The lowest BCUT2D eigenvalue weighted by atomic mass is 9.99. The monoisotopic (exact) mass is 222 g/mol. The number of carbonyl (C=O) groups is 1. The molecule has 0 amide bonds. The Morgan fingerprint density at radius 3 is 2.33 bits per heavy atom. The minimum Gasteiger partial charge on any atom is -0.433 e. The first-order valence-electron chi connectivity index (χ1n) is 4.45. The lowest BCUT2D eigenvalue weighted by molar-refractivity contribution is -0.292. The van der Waals surface area contributed by atoms with Crippen LogP contribution in [0.2, 0.25) is 0 Å². The highest BCUT2D eigenvalue weighted by Gasteiger charge is 2.44. The molecule has 5 atom stereocenters. The van der Waals surface area contributed by atoms with Crippen LogP contribution in [0.15, 0.2) is 0 Å². The summed E-state index contributed by atoms with van der Waals surface area (Å²) in [6.07, 6.45) is -6.95. The summed E-state index contributed by atoms with van der Waals surface area (Å²) in [7, 11) is 0. The predicted octanol–water partition coefficient (Wildman–Crippen LogP) is -2.65. The highest BCUT2D eigenvalue weighted by Crippen LogP contribution is 2.21. The zero-order valence-electron chi connectivity index (χ0n) is 8.11. The molecular formula is C8H14O7. The molecule has 0 spiro atoms. The summed E-state index contributed by atoms with van der Waals surface area (Å²) in [6.45, 7) is 0.560. The molecule has 7 heteroatoms. The Balaban J connectivity index is 2.69. The molecular weight excluding hydrogens is 208 g/mol. The van der Waals surface area contributed by atoms with E-state index in [-0.39, 0.29) is 0 Å². The van der Waals surface area contributed by atoms with E-state index in [1.807, 2.05) is 0 Å². The maximum atomic E-state index is 10.6. The van der Waals surface area contributed by atoms with Crippen molar-refractivity contribution in [2.45, 2.75) is 37.6 Å². The fourth-order valence-corrected chi connectivity index (χ4v) is 1.33. The van der Waals surface area contributed by atoms with E-state index in [2.05, 4.69) is 4.74 Å². The molecule has 7 nitrogen and oxygen atoms in total. The van der Waals surface area contributed by atoms with Crippen LogP contribution >= 0.6 is 0 Å². The maximum Gasteiger partial charge on any atom is 0.305 e. The molecule has 4 N–H and O–H groups in total. The molecule has 1 rings (SSSR count). The van der Waals surface area contributed by atoms with Crippen LogP contribution < -0.4 is 0 Å². The van der Waals surface area contributed by atoms with Crippen LogP contribution in [0, 0.1) is 0 Å². The van der Waals surface area contributed by atoms with Crippen LogP contribution in [0.3, 0.4) is 0 Å². The number of hydrogen-bond donors (Lipinski definition) is 4. The van der Waals surface area contributed by atoms with Crippen molar-refractivity contribution in [1.82, 2.24) is 0 Å². The molecule has 0 saturated carbocycles. The number of esters is 1. The molecule has 15 heavy (non-hydrogen) atoms. The molecule has 0 aromatic carbocycles. The molecule has 0 radical (unpaired) electrons. The minimum absolute atomic E-state index is 0.553. The van der Waals surface area contributed by atoms with Crippen molar-refractivity contribution in [2.24, 2.45) is 0 Å². The van der Waals surface area contributed by atoms with E-state index in [0.29, 0.717) is 0 Å². The third-order valence-corrected chi connectivity index (χ3v) is 2.13. The normalized spacial score (nSPS) is 41.3. The van der Waals surface area contributed by atoms with E-state index in [1.165, 1.54) is 0 Å². The maximum absolute atomic E-state index is 10.6. The average Bonchev–Trinajstić information content (AvgIpc) is 2.18. The molecule has 1 aliphatic heterocycles. The topological polar surface area (TPSA) is 116 Å². The minimum atomic E-state index is -1.54. The Morgan fingerprint density at radius 2 is 1.87 bits per heavy atom. The van der Waals surface area contributed by atoms with Crippen LogP contribution in [0.25, 0.3) is 0 Å². The summed E-state index contributed by atoms with van der Waals surface area (Å²) in [5.41, 5.74) is 0. The Bertz CT molecular complexity index is 229. The van der Waals surface area contributed by atoms with Crippen LogP contribution in [-0.4, -0.2) is 63.7 Å². The van der Waals surface area contributed by atoms with Gasteiger partial charge in [0.05, 0.1) is 6.61 Å². The average molecular weight is 222 g/mol. The molecule has 0 bridgehead atoms. The number of rotatable bonds is 2. The van der Waals surface area contributed by atoms with E-state index in [0.717, 1.165) is 6.92 Å². The Hall–Kier alpha value is -0.730. The van der Waals surface area contributed by atoms with Crippen molar-refractivity contribution in [2.75, 3.05) is 6.61 Å². The molecule has 0 aromatic heterocycles. The van der Waals surface area contributed by atoms with Crippen LogP contribution in [0.5, 0.6) is 0 Å². The van der Waals surface area contributed by atoms with Gasteiger partial charge in [-0.2, -0.15) is 0 Å². The Kier molecular flexibility index (Phi) is 4.00. The van der Waals surface area contributed by atoms with Gasteiger partial charge >= 0.3 is 5.97 Å². The number of carbonyl (C=O) groups excluding carboxylic acids is 1. The van der Waals surface area contributed by atoms with Crippen molar-refractivity contribution in [3.63, 3.8) is 0 Å². The second kappa shape index (κ2) is 4.86. The van der Waals surface area contributed by atoms with E-state index in [1.54, 1.807) is 0 Å². The SMILES string of the molecule is CC(=O)OC1OC(CO)[C@@H](O)C(O)C1O. The van der Waals surface area contributed by atoms with Gasteiger partial charge in [0.2, 0.25) is 6.29 Å². The van der Waals surface area contributed by atoms with Gasteiger partial charge in [-0.3, -0.25) is 4.79 Å². The largest absolute Gasteiger partial charge is 0.433 e. The zero-order chi connectivity index (χ0) is 11.6. The van der Waals surface area contributed by atoms with E-state index >= 15 is 0 Å². The van der Waals surface area contributed by atoms with Gasteiger partial charge in [0.1, 0.15) is 24.4 Å². The number of aliphatic hydroxyl groups is 4. The summed E-state index contributed by atoms with van der Waals surface area (Å²) in [6, 6.07) is 0. The van der Waals surface area contributed by atoms with Crippen molar-refractivity contribution in [3.8, 4) is 0 Å². The summed E-state index contributed by atoms with van der Waals surface area (Å²) < 4.78 is 9.45. The fraction of sp³-hybridized carbons (Fsp3) is 0.875. The predicted molar refractivity (Wildman–Crippen MR) is 45.5 cm³/mol. The lowest BCUT2D eigenvalue weighted by Gasteiger charge is -2.38. The second-order valence-corrected chi connectivity index (χ2v) is 3.31. The standard InChI is InChI=1S/C8H14O7/c1-3(10)14-8-7(13)6(12)5(11)4(2-9)15-8/h4-9,11-13H,2H2,1H3/t4?,5-,6?,7?,8?/m1/s1. The van der Waals surface area contributed by atoms with Gasteiger partial charge < -0.3 is 29.9 Å². The van der Waals surface area contributed by atoms with Gasteiger partial charge in [-0.1, -0.05) is 0 Å².